The molecule has 0 bridgehead atoms. The Labute approximate surface area is 192 Å². The number of amides is 1. The molecule has 1 aliphatic heterocycles. The SMILES string of the molecule is O=C(NCCNc1ccnc2cc(Cl)ccc12)[C@H]1CCCN(S(=O)(=O)c2ccccc2)C1. The van der Waals surface area contributed by atoms with Crippen molar-refractivity contribution in [3.05, 3.63) is 65.8 Å². The van der Waals surface area contributed by atoms with Gasteiger partial charge in [-0.1, -0.05) is 29.8 Å². The van der Waals surface area contributed by atoms with Crippen LogP contribution in [0.2, 0.25) is 5.02 Å². The van der Waals surface area contributed by atoms with Gasteiger partial charge in [0, 0.05) is 48.5 Å². The highest BCUT2D eigenvalue weighted by Crippen LogP contribution is 2.25. The van der Waals surface area contributed by atoms with E-state index in [-0.39, 0.29) is 23.3 Å². The van der Waals surface area contributed by atoms with E-state index >= 15 is 0 Å². The fourth-order valence-electron chi connectivity index (χ4n) is 3.92. The molecule has 1 amide bonds. The molecule has 7 nitrogen and oxygen atoms in total. The zero-order valence-electron chi connectivity index (χ0n) is 17.5. The first kappa shape index (κ1) is 22.5. The molecule has 0 unspecified atom stereocenters. The average Bonchev–Trinajstić information content (AvgIpc) is 2.82. The molecule has 3 aromatic rings. The van der Waals surface area contributed by atoms with Crippen molar-refractivity contribution in [1.82, 2.24) is 14.6 Å². The van der Waals surface area contributed by atoms with Gasteiger partial charge in [0.25, 0.3) is 0 Å². The molecule has 4 rings (SSSR count). The summed E-state index contributed by atoms with van der Waals surface area (Å²) in [5.74, 6) is -0.475. The van der Waals surface area contributed by atoms with Crippen LogP contribution in [0.15, 0.2) is 65.7 Å². The third kappa shape index (κ3) is 5.03. The minimum Gasteiger partial charge on any atom is -0.383 e. The van der Waals surface area contributed by atoms with Gasteiger partial charge in [-0.3, -0.25) is 9.78 Å². The highest BCUT2D eigenvalue weighted by Gasteiger charge is 2.33. The number of aromatic nitrogens is 1. The number of rotatable bonds is 7. The van der Waals surface area contributed by atoms with Crippen LogP contribution in [0.25, 0.3) is 10.9 Å². The van der Waals surface area contributed by atoms with Gasteiger partial charge >= 0.3 is 0 Å². The molecule has 2 N–H and O–H groups in total. The molecule has 2 aromatic carbocycles. The molecule has 1 aliphatic rings. The maximum absolute atomic E-state index is 12.9. The first-order chi connectivity index (χ1) is 15.4. The highest BCUT2D eigenvalue weighted by atomic mass is 35.5. The third-order valence-electron chi connectivity index (χ3n) is 5.58. The zero-order chi connectivity index (χ0) is 22.6. The summed E-state index contributed by atoms with van der Waals surface area (Å²) in [7, 11) is -3.59. The van der Waals surface area contributed by atoms with Crippen molar-refractivity contribution in [2.75, 3.05) is 31.5 Å². The van der Waals surface area contributed by atoms with Crippen LogP contribution in [0.1, 0.15) is 12.8 Å². The van der Waals surface area contributed by atoms with Gasteiger partial charge in [-0.2, -0.15) is 4.31 Å². The summed E-state index contributed by atoms with van der Waals surface area (Å²) in [5.41, 5.74) is 1.71. The Bertz CT molecular complexity index is 1200. The number of hydrogen-bond acceptors (Lipinski definition) is 5. The molecule has 1 aromatic heterocycles. The Balaban J connectivity index is 1.31. The minimum absolute atomic E-state index is 0.119. The number of sulfonamides is 1. The van der Waals surface area contributed by atoms with Crippen LogP contribution < -0.4 is 10.6 Å². The molecule has 0 saturated carbocycles. The molecule has 1 saturated heterocycles. The van der Waals surface area contributed by atoms with Crippen LogP contribution in [-0.4, -0.2) is 49.8 Å². The summed E-state index contributed by atoms with van der Waals surface area (Å²) in [4.78, 5) is 17.3. The number of halogens is 1. The molecule has 1 atom stereocenters. The molecule has 0 radical (unpaired) electrons. The molecule has 0 aliphatic carbocycles. The van der Waals surface area contributed by atoms with Crippen molar-refractivity contribution >= 4 is 44.1 Å². The maximum atomic E-state index is 12.9. The number of carbonyl (C=O) groups excluding carboxylic acids is 1. The van der Waals surface area contributed by atoms with Crippen molar-refractivity contribution in [3.8, 4) is 0 Å². The largest absolute Gasteiger partial charge is 0.383 e. The number of fused-ring (bicyclic) bond motifs is 1. The summed E-state index contributed by atoms with van der Waals surface area (Å²) in [6.07, 6.45) is 3.05. The van der Waals surface area contributed by atoms with E-state index in [0.29, 0.717) is 37.5 Å². The molecule has 168 valence electrons. The first-order valence-electron chi connectivity index (χ1n) is 10.6. The maximum Gasteiger partial charge on any atom is 0.243 e. The van der Waals surface area contributed by atoms with E-state index in [2.05, 4.69) is 15.6 Å². The molecule has 2 heterocycles. The lowest BCUT2D eigenvalue weighted by Gasteiger charge is -2.31. The minimum atomic E-state index is -3.59. The van der Waals surface area contributed by atoms with Gasteiger partial charge < -0.3 is 10.6 Å². The summed E-state index contributed by atoms with van der Waals surface area (Å²) in [5, 5.41) is 7.83. The number of carbonyl (C=O) groups is 1. The Kier molecular flexibility index (Phi) is 6.93. The lowest BCUT2D eigenvalue weighted by atomic mass is 9.99. The molecule has 32 heavy (non-hydrogen) atoms. The average molecular weight is 473 g/mol. The van der Waals surface area contributed by atoms with Gasteiger partial charge in [-0.25, -0.2) is 8.42 Å². The topological polar surface area (TPSA) is 91.4 Å². The van der Waals surface area contributed by atoms with Crippen molar-refractivity contribution in [2.24, 2.45) is 5.92 Å². The fourth-order valence-corrected chi connectivity index (χ4v) is 5.63. The normalized spacial score (nSPS) is 17.2. The van der Waals surface area contributed by atoms with E-state index in [9.17, 15) is 13.2 Å². The van der Waals surface area contributed by atoms with Crippen LogP contribution in [-0.2, 0) is 14.8 Å². The Morgan fingerprint density at radius 2 is 1.94 bits per heavy atom. The number of piperidine rings is 1. The second kappa shape index (κ2) is 9.85. The van der Waals surface area contributed by atoms with Crippen molar-refractivity contribution < 1.29 is 13.2 Å². The number of hydrogen-bond donors (Lipinski definition) is 2. The lowest BCUT2D eigenvalue weighted by Crippen LogP contribution is -2.46. The van der Waals surface area contributed by atoms with Crippen LogP contribution in [0.4, 0.5) is 5.69 Å². The van der Waals surface area contributed by atoms with E-state index < -0.39 is 10.0 Å². The Morgan fingerprint density at radius 3 is 2.75 bits per heavy atom. The van der Waals surface area contributed by atoms with Gasteiger partial charge in [0.15, 0.2) is 0 Å². The highest BCUT2D eigenvalue weighted by molar-refractivity contribution is 7.89. The van der Waals surface area contributed by atoms with E-state index in [1.54, 1.807) is 36.5 Å². The van der Waals surface area contributed by atoms with Crippen molar-refractivity contribution in [2.45, 2.75) is 17.7 Å². The number of nitrogens with zero attached hydrogens (tertiary/aromatic N) is 2. The van der Waals surface area contributed by atoms with Crippen molar-refractivity contribution in [3.63, 3.8) is 0 Å². The van der Waals surface area contributed by atoms with Gasteiger partial charge in [-0.05, 0) is 49.2 Å². The van der Waals surface area contributed by atoms with Crippen molar-refractivity contribution in [1.29, 1.82) is 0 Å². The predicted octanol–water partition coefficient (Wildman–Crippen LogP) is 3.52. The number of pyridine rings is 1. The zero-order valence-corrected chi connectivity index (χ0v) is 19.1. The van der Waals surface area contributed by atoms with E-state index in [1.165, 1.54) is 4.31 Å². The second-order valence-corrected chi connectivity index (χ2v) is 10.1. The number of benzene rings is 2. The van der Waals surface area contributed by atoms with E-state index in [4.69, 9.17) is 11.6 Å². The van der Waals surface area contributed by atoms with Gasteiger partial charge in [0.1, 0.15) is 0 Å². The number of nitrogens with one attached hydrogen (secondary N) is 2. The molecule has 9 heteroatoms. The van der Waals surface area contributed by atoms with E-state index in [0.717, 1.165) is 16.6 Å². The van der Waals surface area contributed by atoms with Gasteiger partial charge in [-0.15, -0.1) is 0 Å². The summed E-state index contributed by atoms with van der Waals surface area (Å²) in [6, 6.07) is 15.8. The second-order valence-electron chi connectivity index (χ2n) is 7.75. The molecular weight excluding hydrogens is 448 g/mol. The Hall–Kier alpha value is -2.68. The third-order valence-corrected chi connectivity index (χ3v) is 7.69. The predicted molar refractivity (Wildman–Crippen MR) is 126 cm³/mol. The van der Waals surface area contributed by atoms with Crippen LogP contribution in [0.3, 0.4) is 0 Å². The lowest BCUT2D eigenvalue weighted by molar-refractivity contribution is -0.125. The smallest absolute Gasteiger partial charge is 0.243 e. The van der Waals surface area contributed by atoms with Crippen LogP contribution in [0, 0.1) is 5.92 Å². The number of anilines is 1. The quantitative estimate of drug-likeness (QED) is 0.513. The Morgan fingerprint density at radius 1 is 1.12 bits per heavy atom. The summed E-state index contributed by atoms with van der Waals surface area (Å²) in [6.45, 7) is 1.60. The summed E-state index contributed by atoms with van der Waals surface area (Å²) < 4.78 is 27.2. The van der Waals surface area contributed by atoms with Crippen LogP contribution >= 0.6 is 11.6 Å². The summed E-state index contributed by atoms with van der Waals surface area (Å²) >= 11 is 6.03. The monoisotopic (exact) mass is 472 g/mol. The van der Waals surface area contributed by atoms with Gasteiger partial charge in [0.05, 0.1) is 16.3 Å². The van der Waals surface area contributed by atoms with E-state index in [1.807, 2.05) is 24.3 Å². The first-order valence-corrected chi connectivity index (χ1v) is 12.4. The van der Waals surface area contributed by atoms with Gasteiger partial charge in [0.2, 0.25) is 15.9 Å². The standard InChI is InChI=1S/C23H25ClN4O3S/c24-18-8-9-20-21(10-11-25-22(20)15-18)26-12-13-27-23(29)17-5-4-14-28(16-17)32(30,31)19-6-2-1-3-7-19/h1-3,6-11,15,17H,4-5,12-14,16H2,(H,25,26)(H,27,29)/t17-/m0/s1. The van der Waals surface area contributed by atoms with Crippen LogP contribution in [0.5, 0.6) is 0 Å². The molecule has 1 fully saturated rings. The molecule has 0 spiro atoms. The fraction of sp³-hybridized carbons (Fsp3) is 0.304. The molecular formula is C23H25ClN4O3S.